The Morgan fingerprint density at radius 1 is 0.882 bits per heavy atom. The van der Waals surface area contributed by atoms with Crippen LogP contribution in [0, 0.1) is 16.7 Å². The van der Waals surface area contributed by atoms with Gasteiger partial charge in [-0.25, -0.2) is 9.59 Å². The van der Waals surface area contributed by atoms with Gasteiger partial charge in [-0.3, -0.25) is 4.79 Å². The van der Waals surface area contributed by atoms with Gasteiger partial charge >= 0.3 is 17.9 Å². The highest BCUT2D eigenvalue weighted by atomic mass is 16.6. The van der Waals surface area contributed by atoms with Gasteiger partial charge in [0.2, 0.25) is 0 Å². The Labute approximate surface area is 300 Å². The number of hydrogen-bond donors (Lipinski definition) is 4. The van der Waals surface area contributed by atoms with Gasteiger partial charge < -0.3 is 48.8 Å². The quantitative estimate of drug-likeness (QED) is 0.144. The first-order valence-electron chi connectivity index (χ1n) is 17.9. The summed E-state index contributed by atoms with van der Waals surface area (Å²) in [4.78, 5) is 37.8. The summed E-state index contributed by atoms with van der Waals surface area (Å²) in [7, 11) is 2.56. The molecule has 51 heavy (non-hydrogen) atoms. The minimum Gasteiger partial charge on any atom is -0.466 e. The van der Waals surface area contributed by atoms with Crippen molar-refractivity contribution in [2.45, 2.75) is 154 Å². The van der Waals surface area contributed by atoms with Crippen LogP contribution in [0.4, 0.5) is 0 Å². The van der Waals surface area contributed by atoms with E-state index >= 15 is 0 Å². The largest absolute Gasteiger partial charge is 0.466 e. The summed E-state index contributed by atoms with van der Waals surface area (Å²) in [5, 5.41) is 46.0. The Bertz CT molecular complexity index is 1360. The third-order valence-corrected chi connectivity index (χ3v) is 11.4. The molecule has 0 radical (unpaired) electrons. The molecule has 6 bridgehead atoms. The van der Waals surface area contributed by atoms with E-state index in [9.17, 15) is 34.8 Å². The first-order chi connectivity index (χ1) is 23.7. The van der Waals surface area contributed by atoms with Crippen LogP contribution in [-0.4, -0.2) is 107 Å². The molecule has 4 N–H and O–H groups in total. The van der Waals surface area contributed by atoms with Crippen LogP contribution in [-0.2, 0) is 42.8 Å². The van der Waals surface area contributed by atoms with Crippen LogP contribution < -0.4 is 0 Å². The highest BCUT2D eigenvalue weighted by molar-refractivity contribution is 5.83. The topological polar surface area (TPSA) is 188 Å². The van der Waals surface area contributed by atoms with Crippen molar-refractivity contribution in [3.05, 3.63) is 35.5 Å². The van der Waals surface area contributed by atoms with E-state index in [0.717, 1.165) is 5.57 Å². The predicted molar refractivity (Wildman–Crippen MR) is 183 cm³/mol. The van der Waals surface area contributed by atoms with Crippen molar-refractivity contribution in [3.63, 3.8) is 0 Å². The van der Waals surface area contributed by atoms with Crippen LogP contribution in [0.2, 0.25) is 0 Å². The molecular formula is C38H58O13. The molecule has 13 nitrogen and oxygen atoms in total. The van der Waals surface area contributed by atoms with Crippen LogP contribution in [0.3, 0.4) is 0 Å². The molecule has 288 valence electrons. The van der Waals surface area contributed by atoms with Gasteiger partial charge in [-0.1, -0.05) is 57.9 Å². The lowest BCUT2D eigenvalue weighted by Crippen LogP contribution is -2.59. The van der Waals surface area contributed by atoms with Crippen molar-refractivity contribution in [2.75, 3.05) is 14.2 Å². The van der Waals surface area contributed by atoms with Gasteiger partial charge in [0.15, 0.2) is 11.6 Å². The Morgan fingerprint density at radius 3 is 2.12 bits per heavy atom. The average molecular weight is 723 g/mol. The maximum atomic E-state index is 13.1. The Kier molecular flexibility index (Phi) is 13.0. The zero-order valence-corrected chi connectivity index (χ0v) is 31.3. The number of cyclic esters (lactones) is 1. The summed E-state index contributed by atoms with van der Waals surface area (Å²) < 4.78 is 34.7. The maximum absolute atomic E-state index is 13.1. The molecule has 0 amide bonds. The molecule has 3 fully saturated rings. The van der Waals surface area contributed by atoms with E-state index < -0.39 is 83.0 Å². The summed E-state index contributed by atoms with van der Waals surface area (Å²) in [6, 6.07) is 0. The normalized spacial score (nSPS) is 40.4. The SMILES string of the molecule is COC(=O)/C=C1/C[C@H]2C[C@]3(O)O[C@H](C[C@@H](O)CC(=O)O[C@@H]([C@@H](C)O)C[C@@H]4C/C(=C\C(=O)OC)C[C@@](O)(O4)C(C)(C)/C=C/[C@@H](C1)O2)C[C@H](C)C3(C)C. The number of hydrogen-bond acceptors (Lipinski definition) is 13. The van der Waals surface area contributed by atoms with Gasteiger partial charge in [0.05, 0.1) is 57.3 Å². The number of carbonyl (C=O) groups excluding carboxylic acids is 3. The van der Waals surface area contributed by atoms with Gasteiger partial charge in [-0.2, -0.15) is 0 Å². The Morgan fingerprint density at radius 2 is 1.49 bits per heavy atom. The molecule has 0 aromatic rings. The van der Waals surface area contributed by atoms with Crippen LogP contribution >= 0.6 is 0 Å². The predicted octanol–water partition coefficient (Wildman–Crippen LogP) is 3.55. The number of rotatable bonds is 3. The van der Waals surface area contributed by atoms with E-state index in [0.29, 0.717) is 24.8 Å². The molecule has 0 unspecified atom stereocenters. The van der Waals surface area contributed by atoms with Crippen molar-refractivity contribution in [1.29, 1.82) is 0 Å². The second-order valence-corrected chi connectivity index (χ2v) is 16.0. The zero-order chi connectivity index (χ0) is 37.9. The summed E-state index contributed by atoms with van der Waals surface area (Å²) in [5.74, 6) is -5.46. The lowest BCUT2D eigenvalue weighted by Gasteiger charge is -2.54. The van der Waals surface area contributed by atoms with Crippen molar-refractivity contribution in [1.82, 2.24) is 0 Å². The highest BCUT2D eigenvalue weighted by Gasteiger charge is 2.55. The summed E-state index contributed by atoms with van der Waals surface area (Å²) in [6.07, 6.45) is 1.54. The molecule has 0 saturated carbocycles. The number of esters is 3. The number of aliphatic hydroxyl groups is 4. The Balaban J connectivity index is 1.78. The van der Waals surface area contributed by atoms with Crippen LogP contribution in [0.25, 0.3) is 0 Å². The molecule has 4 aliphatic rings. The van der Waals surface area contributed by atoms with E-state index in [2.05, 4.69) is 0 Å². The molecule has 4 heterocycles. The van der Waals surface area contributed by atoms with Crippen LogP contribution in [0.5, 0.6) is 0 Å². The van der Waals surface area contributed by atoms with E-state index in [-0.39, 0.29) is 44.4 Å². The molecule has 4 rings (SSSR count). The molecule has 3 saturated heterocycles. The molecular weight excluding hydrogens is 664 g/mol. The van der Waals surface area contributed by atoms with Gasteiger partial charge in [-0.05, 0) is 38.5 Å². The zero-order valence-electron chi connectivity index (χ0n) is 31.3. The first kappa shape index (κ1) is 41.1. The molecule has 0 aliphatic carbocycles. The average Bonchev–Trinajstić information content (AvgIpc) is 3.01. The fraction of sp³-hybridized carbons (Fsp3) is 0.763. The smallest absolute Gasteiger partial charge is 0.330 e. The highest BCUT2D eigenvalue weighted by Crippen LogP contribution is 2.51. The van der Waals surface area contributed by atoms with Crippen LogP contribution in [0.1, 0.15) is 99.3 Å². The second kappa shape index (κ2) is 16.2. The Hall–Kier alpha value is -2.65. The summed E-state index contributed by atoms with van der Waals surface area (Å²) in [6.45, 7) is 10.9. The summed E-state index contributed by atoms with van der Waals surface area (Å²) >= 11 is 0. The third-order valence-electron chi connectivity index (χ3n) is 11.4. The van der Waals surface area contributed by atoms with Gasteiger partial charge in [-0.15, -0.1) is 0 Å². The number of fused-ring (bicyclic) bond motifs is 6. The van der Waals surface area contributed by atoms with E-state index in [1.54, 1.807) is 26.0 Å². The van der Waals surface area contributed by atoms with Crippen molar-refractivity contribution >= 4 is 17.9 Å². The van der Waals surface area contributed by atoms with E-state index in [1.807, 2.05) is 20.8 Å². The minimum absolute atomic E-state index is 0.0133. The molecule has 0 spiro atoms. The second-order valence-electron chi connectivity index (χ2n) is 16.0. The first-order valence-corrected chi connectivity index (χ1v) is 17.9. The standard InChI is InChI=1S/C38H58O13/c1-22-11-28-17-26(40)18-34(43)49-31(23(2)39)19-29-14-25(16-33(42)47-8)20-37(44,50-29)35(3,4)10-9-27-12-24(15-32(41)46-7)13-30(48-27)21-38(45,51-28)36(22,5)6/h9-10,15-16,22-23,26-31,39-40,44-45H,11-14,17-21H2,1-8H3/b10-9+,24-15+,25-16+/t22-,23+,26+,27-,28-,29-,30-,31+,37+,38-/m0/s1. The molecule has 0 aromatic carbocycles. The molecule has 13 heteroatoms. The van der Waals surface area contributed by atoms with Crippen molar-refractivity contribution < 1.29 is 63.2 Å². The number of methoxy groups -OCH3 is 2. The lowest BCUT2D eigenvalue weighted by molar-refractivity contribution is -0.339. The fourth-order valence-electron chi connectivity index (χ4n) is 7.62. The monoisotopic (exact) mass is 722 g/mol. The van der Waals surface area contributed by atoms with Gasteiger partial charge in [0.25, 0.3) is 0 Å². The van der Waals surface area contributed by atoms with Gasteiger partial charge in [0.1, 0.15) is 6.10 Å². The van der Waals surface area contributed by atoms with Crippen molar-refractivity contribution in [2.24, 2.45) is 16.7 Å². The van der Waals surface area contributed by atoms with Crippen molar-refractivity contribution in [3.8, 4) is 0 Å². The number of carbonyl (C=O) groups is 3. The number of ether oxygens (including phenoxy) is 6. The van der Waals surface area contributed by atoms with Crippen LogP contribution in [0.15, 0.2) is 35.5 Å². The number of aliphatic hydroxyl groups excluding tert-OH is 2. The maximum Gasteiger partial charge on any atom is 0.330 e. The van der Waals surface area contributed by atoms with E-state index in [4.69, 9.17) is 28.4 Å². The lowest BCUT2D eigenvalue weighted by atomic mass is 9.66. The summed E-state index contributed by atoms with van der Waals surface area (Å²) in [5.41, 5.74) is -0.531. The minimum atomic E-state index is -1.87. The molecule has 10 atom stereocenters. The molecule has 4 aliphatic heterocycles. The van der Waals surface area contributed by atoms with Gasteiger partial charge in [0, 0.05) is 48.7 Å². The fourth-order valence-corrected chi connectivity index (χ4v) is 7.62. The molecule has 0 aromatic heterocycles. The van der Waals surface area contributed by atoms with E-state index in [1.165, 1.54) is 33.3 Å². The third kappa shape index (κ3) is 9.87.